The summed E-state index contributed by atoms with van der Waals surface area (Å²) in [4.78, 5) is 2.42. The number of benzene rings is 12. The fraction of sp³-hybridized carbons (Fsp3) is 0.0423. The molecule has 12 aromatic rings. The molecule has 1 aliphatic carbocycles. The van der Waals surface area contributed by atoms with Crippen LogP contribution in [-0.2, 0) is 5.41 Å². The number of anilines is 3. The Kier molecular flexibility index (Phi) is 10.6. The molecule has 0 amide bonds. The summed E-state index contributed by atoms with van der Waals surface area (Å²) in [7, 11) is 0. The van der Waals surface area contributed by atoms with Gasteiger partial charge in [0.1, 0.15) is 0 Å². The molecule has 12 aromatic carbocycles. The maximum atomic E-state index is 2.46. The van der Waals surface area contributed by atoms with Crippen LogP contribution in [0.3, 0.4) is 0 Å². The number of nitrogens with zero attached hydrogens (tertiary/aromatic N) is 1. The second kappa shape index (κ2) is 17.7. The summed E-state index contributed by atoms with van der Waals surface area (Å²) < 4.78 is 0. The van der Waals surface area contributed by atoms with Gasteiger partial charge in [0.15, 0.2) is 0 Å². The standard InChI is InChI=1S/C71H51N/c1-71(2)69-46-59(68-45-58-17-9-10-18-63(58)64-19-11-12-20-65(64)68)37-43-66(69)67-44-42-62(47-70(67)71)72(60-38-33-56(34-39-60)54-27-23-51(24-28-54)49-15-7-4-8-16-49)61-40-35-57(36-41-61)55-31-29-53(30-32-55)52-25-21-50(22-26-52)48-13-5-3-6-14-48/h3-47H,1-2H3. The van der Waals surface area contributed by atoms with Crippen molar-refractivity contribution in [1.82, 2.24) is 0 Å². The Balaban J connectivity index is 0.843. The minimum atomic E-state index is -0.231. The van der Waals surface area contributed by atoms with Crippen LogP contribution in [0.25, 0.3) is 99.4 Å². The Hall–Kier alpha value is -9.04. The van der Waals surface area contributed by atoms with Crippen LogP contribution in [0.15, 0.2) is 273 Å². The lowest BCUT2D eigenvalue weighted by Gasteiger charge is -2.28. The van der Waals surface area contributed by atoms with E-state index >= 15 is 0 Å². The summed E-state index contributed by atoms with van der Waals surface area (Å²) in [6, 6.07) is 100. The Morgan fingerprint density at radius 2 is 0.569 bits per heavy atom. The van der Waals surface area contributed by atoms with Crippen molar-refractivity contribution in [1.29, 1.82) is 0 Å². The van der Waals surface area contributed by atoms with Crippen LogP contribution in [0.2, 0.25) is 0 Å². The van der Waals surface area contributed by atoms with E-state index in [1.807, 2.05) is 0 Å². The molecule has 0 unspecified atom stereocenters. The van der Waals surface area contributed by atoms with Crippen molar-refractivity contribution in [3.8, 4) is 77.9 Å². The van der Waals surface area contributed by atoms with Crippen molar-refractivity contribution in [3.63, 3.8) is 0 Å². The summed E-state index contributed by atoms with van der Waals surface area (Å²) in [6.45, 7) is 4.79. The number of fused-ring (bicyclic) bond motifs is 6. The molecule has 0 saturated heterocycles. The summed E-state index contributed by atoms with van der Waals surface area (Å²) in [5.74, 6) is 0. The fourth-order valence-electron chi connectivity index (χ4n) is 11.2. The molecule has 1 aliphatic rings. The second-order valence-corrected chi connectivity index (χ2v) is 19.7. The van der Waals surface area contributed by atoms with Gasteiger partial charge in [-0.2, -0.15) is 0 Å². The number of hydrogen-bond donors (Lipinski definition) is 0. The van der Waals surface area contributed by atoms with E-state index in [2.05, 4.69) is 292 Å². The molecule has 0 N–H and O–H groups in total. The van der Waals surface area contributed by atoms with E-state index in [1.165, 1.54) is 111 Å². The zero-order valence-electron chi connectivity index (χ0n) is 40.4. The van der Waals surface area contributed by atoms with Crippen LogP contribution in [-0.4, -0.2) is 0 Å². The van der Waals surface area contributed by atoms with Crippen LogP contribution >= 0.6 is 0 Å². The smallest absolute Gasteiger partial charge is 0.0465 e. The van der Waals surface area contributed by atoms with Crippen LogP contribution in [0.1, 0.15) is 25.0 Å². The SMILES string of the molecule is CC1(C)c2cc(-c3cc4ccccc4c4ccccc34)ccc2-c2ccc(N(c3ccc(-c4ccc(-c5ccccc5)cc4)cc3)c3ccc(-c4ccc(-c5ccc(-c6ccccc6)cc5)cc4)cc3)cc21. The molecule has 0 bridgehead atoms. The Morgan fingerprint density at radius 1 is 0.236 bits per heavy atom. The molecule has 0 aliphatic heterocycles. The maximum absolute atomic E-state index is 2.46. The van der Waals surface area contributed by atoms with Crippen LogP contribution in [0, 0.1) is 0 Å². The van der Waals surface area contributed by atoms with E-state index in [0.717, 1.165) is 17.1 Å². The molecule has 0 aromatic heterocycles. The lowest BCUT2D eigenvalue weighted by atomic mass is 9.81. The van der Waals surface area contributed by atoms with E-state index in [1.54, 1.807) is 0 Å². The van der Waals surface area contributed by atoms with Crippen molar-refractivity contribution in [2.45, 2.75) is 19.3 Å². The third-order valence-electron chi connectivity index (χ3n) is 15.1. The highest BCUT2D eigenvalue weighted by Crippen LogP contribution is 2.52. The first-order valence-corrected chi connectivity index (χ1v) is 25.1. The largest absolute Gasteiger partial charge is 0.310 e. The van der Waals surface area contributed by atoms with Gasteiger partial charge in [-0.1, -0.05) is 238 Å². The number of hydrogen-bond acceptors (Lipinski definition) is 1. The summed E-state index contributed by atoms with van der Waals surface area (Å²) in [5, 5.41) is 5.13. The maximum Gasteiger partial charge on any atom is 0.0465 e. The van der Waals surface area contributed by atoms with E-state index in [4.69, 9.17) is 0 Å². The van der Waals surface area contributed by atoms with Gasteiger partial charge in [-0.25, -0.2) is 0 Å². The van der Waals surface area contributed by atoms with Gasteiger partial charge in [0.05, 0.1) is 0 Å². The van der Waals surface area contributed by atoms with E-state index in [-0.39, 0.29) is 5.41 Å². The normalized spacial score (nSPS) is 12.4. The van der Waals surface area contributed by atoms with Gasteiger partial charge in [0.2, 0.25) is 0 Å². The van der Waals surface area contributed by atoms with Gasteiger partial charge >= 0.3 is 0 Å². The first-order valence-electron chi connectivity index (χ1n) is 25.1. The zero-order chi connectivity index (χ0) is 48.2. The number of rotatable bonds is 9. The van der Waals surface area contributed by atoms with Crippen molar-refractivity contribution >= 4 is 38.6 Å². The quantitative estimate of drug-likeness (QED) is 0.130. The molecule has 0 spiro atoms. The van der Waals surface area contributed by atoms with Crippen molar-refractivity contribution in [3.05, 3.63) is 284 Å². The molecule has 72 heavy (non-hydrogen) atoms. The van der Waals surface area contributed by atoms with Crippen molar-refractivity contribution < 1.29 is 0 Å². The van der Waals surface area contributed by atoms with Gasteiger partial charge in [-0.15, -0.1) is 0 Å². The van der Waals surface area contributed by atoms with Crippen LogP contribution in [0.4, 0.5) is 17.1 Å². The van der Waals surface area contributed by atoms with Gasteiger partial charge in [-0.05, 0) is 159 Å². The predicted octanol–water partition coefficient (Wildman–Crippen LogP) is 19.8. The topological polar surface area (TPSA) is 3.24 Å². The lowest BCUT2D eigenvalue weighted by molar-refractivity contribution is 0.660. The van der Waals surface area contributed by atoms with E-state index < -0.39 is 0 Å². The Bertz CT molecular complexity index is 3930. The van der Waals surface area contributed by atoms with Gasteiger partial charge in [-0.3, -0.25) is 0 Å². The molecule has 0 radical (unpaired) electrons. The first kappa shape index (κ1) is 43.0. The van der Waals surface area contributed by atoms with Gasteiger partial charge in [0, 0.05) is 22.5 Å². The van der Waals surface area contributed by atoms with E-state index in [0.29, 0.717) is 0 Å². The molecule has 13 rings (SSSR count). The molecule has 1 nitrogen and oxygen atoms in total. The zero-order valence-corrected chi connectivity index (χ0v) is 40.4. The van der Waals surface area contributed by atoms with Crippen LogP contribution in [0.5, 0.6) is 0 Å². The van der Waals surface area contributed by atoms with Crippen molar-refractivity contribution in [2.24, 2.45) is 0 Å². The van der Waals surface area contributed by atoms with E-state index in [9.17, 15) is 0 Å². The van der Waals surface area contributed by atoms with Gasteiger partial charge in [0.25, 0.3) is 0 Å². The molecular weight excluding hydrogens is 867 g/mol. The molecule has 0 saturated carbocycles. The first-order chi connectivity index (χ1) is 35.4. The fourth-order valence-corrected chi connectivity index (χ4v) is 11.2. The minimum absolute atomic E-state index is 0.231. The summed E-state index contributed by atoms with van der Waals surface area (Å²) in [5.41, 5.74) is 23.0. The molecule has 0 heterocycles. The third kappa shape index (κ3) is 7.68. The molecular formula is C71H51N. The molecule has 1 heteroatoms. The van der Waals surface area contributed by atoms with Gasteiger partial charge < -0.3 is 4.90 Å². The highest BCUT2D eigenvalue weighted by molar-refractivity contribution is 6.14. The molecule has 0 fully saturated rings. The Morgan fingerprint density at radius 3 is 1.04 bits per heavy atom. The minimum Gasteiger partial charge on any atom is -0.310 e. The highest BCUT2D eigenvalue weighted by Gasteiger charge is 2.36. The summed E-state index contributed by atoms with van der Waals surface area (Å²) >= 11 is 0. The predicted molar refractivity (Wildman–Crippen MR) is 306 cm³/mol. The highest BCUT2D eigenvalue weighted by atomic mass is 15.1. The monoisotopic (exact) mass is 917 g/mol. The lowest BCUT2D eigenvalue weighted by Crippen LogP contribution is -2.16. The molecule has 0 atom stereocenters. The Labute approximate surface area is 422 Å². The van der Waals surface area contributed by atoms with Crippen LogP contribution < -0.4 is 4.90 Å². The average Bonchev–Trinajstić information content (AvgIpc) is 3.68. The molecule has 340 valence electrons. The third-order valence-corrected chi connectivity index (χ3v) is 15.1. The summed E-state index contributed by atoms with van der Waals surface area (Å²) in [6.07, 6.45) is 0. The average molecular weight is 918 g/mol. The van der Waals surface area contributed by atoms with Crippen molar-refractivity contribution in [2.75, 3.05) is 4.90 Å². The second-order valence-electron chi connectivity index (χ2n) is 19.7.